The van der Waals surface area contributed by atoms with E-state index in [0.717, 1.165) is 58.1 Å². The van der Waals surface area contributed by atoms with Crippen LogP contribution in [0.25, 0.3) is 24.3 Å². The van der Waals surface area contributed by atoms with Crippen molar-refractivity contribution in [2.24, 2.45) is 0 Å². The van der Waals surface area contributed by atoms with Crippen molar-refractivity contribution in [3.63, 3.8) is 0 Å². The van der Waals surface area contributed by atoms with Gasteiger partial charge in [-0.1, -0.05) is 147 Å². The molecule has 0 amide bonds. The summed E-state index contributed by atoms with van der Waals surface area (Å²) in [5.41, 5.74) is 14.2. The third-order valence-electron chi connectivity index (χ3n) is 9.41. The Bertz CT molecular complexity index is 2030. The van der Waals surface area contributed by atoms with Crippen LogP contribution in [0.3, 0.4) is 0 Å². The lowest BCUT2D eigenvalue weighted by atomic mass is 10.1. The number of nitrogens with zero attached hydrogens (tertiary/aromatic N) is 2. The minimum Gasteiger partial charge on any atom is -0.311 e. The summed E-state index contributed by atoms with van der Waals surface area (Å²) in [6.45, 7) is 4.38. The van der Waals surface area contributed by atoms with Crippen molar-refractivity contribution in [2.45, 2.75) is 26.7 Å². The lowest BCUT2D eigenvalue weighted by Crippen LogP contribution is -2.09. The number of hydrogen-bond donors (Lipinski definition) is 0. The monoisotopic (exact) mass is 672 g/mol. The van der Waals surface area contributed by atoms with Crippen LogP contribution >= 0.6 is 0 Å². The minimum atomic E-state index is 1.03. The van der Waals surface area contributed by atoms with Gasteiger partial charge in [-0.05, 0) is 119 Å². The normalized spacial score (nSPS) is 11.3. The molecule has 0 radical (unpaired) electrons. The maximum atomic E-state index is 2.30. The molecule has 0 N–H and O–H groups in total. The van der Waals surface area contributed by atoms with Gasteiger partial charge in [0, 0.05) is 34.1 Å². The molecule has 0 atom stereocenters. The summed E-state index contributed by atoms with van der Waals surface area (Å²) in [4.78, 5) is 4.61. The molecule has 0 aliphatic carbocycles. The van der Waals surface area contributed by atoms with E-state index < -0.39 is 0 Å². The second kappa shape index (κ2) is 16.6. The molecule has 0 heterocycles. The van der Waals surface area contributed by atoms with Crippen LogP contribution in [0.15, 0.2) is 182 Å². The van der Waals surface area contributed by atoms with E-state index in [4.69, 9.17) is 0 Å². The van der Waals surface area contributed by atoms with Crippen molar-refractivity contribution in [3.8, 4) is 0 Å². The molecular formula is C50H44N2. The van der Waals surface area contributed by atoms with Gasteiger partial charge in [-0.25, -0.2) is 0 Å². The van der Waals surface area contributed by atoms with Crippen LogP contribution in [0.2, 0.25) is 0 Å². The molecular weight excluding hydrogens is 629 g/mol. The zero-order valence-corrected chi connectivity index (χ0v) is 29.9. The molecule has 7 aromatic carbocycles. The van der Waals surface area contributed by atoms with Gasteiger partial charge in [-0.2, -0.15) is 0 Å². The van der Waals surface area contributed by atoms with Gasteiger partial charge < -0.3 is 9.80 Å². The Labute approximate surface area is 309 Å². The van der Waals surface area contributed by atoms with Crippen LogP contribution in [0.1, 0.15) is 47.2 Å². The fourth-order valence-corrected chi connectivity index (χ4v) is 6.38. The highest BCUT2D eigenvalue weighted by atomic mass is 15.1. The van der Waals surface area contributed by atoms with Crippen molar-refractivity contribution in [2.75, 3.05) is 9.80 Å². The molecule has 0 aliphatic rings. The first kappa shape index (κ1) is 34.1. The largest absolute Gasteiger partial charge is 0.311 e. The molecule has 0 aliphatic heterocycles. The van der Waals surface area contributed by atoms with E-state index in [0.29, 0.717) is 0 Å². The van der Waals surface area contributed by atoms with Crippen LogP contribution in [-0.2, 0) is 12.8 Å². The van der Waals surface area contributed by atoms with Gasteiger partial charge in [0.25, 0.3) is 0 Å². The summed E-state index contributed by atoms with van der Waals surface area (Å²) in [7, 11) is 0. The number of hydrogen-bond acceptors (Lipinski definition) is 2. The SMILES string of the molecule is CCc1ccc(N(c2ccccc2)c2ccc(/C=C/c3ccc(/C=C/c4ccc(N(c5ccccc5)c5ccc(CC)cc5)cc4)cc3)cc2)cc1. The molecule has 0 saturated heterocycles. The Morgan fingerprint density at radius 2 is 0.519 bits per heavy atom. The lowest BCUT2D eigenvalue weighted by molar-refractivity contribution is 1.14. The van der Waals surface area contributed by atoms with Gasteiger partial charge in [0.15, 0.2) is 0 Å². The molecule has 0 aromatic heterocycles. The van der Waals surface area contributed by atoms with Gasteiger partial charge in [-0.3, -0.25) is 0 Å². The number of rotatable bonds is 12. The van der Waals surface area contributed by atoms with Crippen molar-refractivity contribution >= 4 is 58.4 Å². The summed E-state index contributed by atoms with van der Waals surface area (Å²) in [5.74, 6) is 0. The molecule has 0 unspecified atom stereocenters. The zero-order chi connectivity index (χ0) is 35.5. The molecule has 0 fully saturated rings. The highest BCUT2D eigenvalue weighted by Crippen LogP contribution is 2.36. The predicted octanol–water partition coefficient (Wildman–Crippen LogP) is 14.1. The maximum absolute atomic E-state index is 2.30. The molecule has 254 valence electrons. The van der Waals surface area contributed by atoms with E-state index in [-0.39, 0.29) is 0 Å². The Balaban J connectivity index is 1.01. The maximum Gasteiger partial charge on any atom is 0.0462 e. The summed E-state index contributed by atoms with van der Waals surface area (Å²) in [6.07, 6.45) is 10.8. The van der Waals surface area contributed by atoms with Gasteiger partial charge in [0.05, 0.1) is 0 Å². The van der Waals surface area contributed by atoms with E-state index in [1.165, 1.54) is 22.3 Å². The average Bonchev–Trinajstić information content (AvgIpc) is 3.22. The van der Waals surface area contributed by atoms with Crippen LogP contribution in [0.5, 0.6) is 0 Å². The van der Waals surface area contributed by atoms with E-state index in [1.807, 2.05) is 0 Å². The topological polar surface area (TPSA) is 6.48 Å². The Hall–Kier alpha value is -6.38. The first-order valence-electron chi connectivity index (χ1n) is 18.2. The standard InChI is InChI=1S/C50H44N2/c1-3-39-23-31-47(32-24-39)51(45-11-7-5-8-12-45)49-35-27-43(28-36-49)21-19-41-15-17-42(18-16-41)20-22-44-29-37-50(38-30-44)52(46-13-9-6-10-14-46)48-33-25-40(4-2)26-34-48/h5-38H,3-4H2,1-2H3/b21-19+,22-20+. The second-order valence-electron chi connectivity index (χ2n) is 12.9. The number of benzene rings is 7. The summed E-state index contributed by atoms with van der Waals surface area (Å²) in [5, 5.41) is 0. The van der Waals surface area contributed by atoms with Crippen molar-refractivity contribution in [1.29, 1.82) is 0 Å². The first-order valence-corrected chi connectivity index (χ1v) is 18.2. The number of aryl methyl sites for hydroxylation is 2. The fourth-order valence-electron chi connectivity index (χ4n) is 6.38. The van der Waals surface area contributed by atoms with Gasteiger partial charge in [0.2, 0.25) is 0 Å². The molecule has 2 heteroatoms. The third-order valence-corrected chi connectivity index (χ3v) is 9.41. The van der Waals surface area contributed by atoms with Crippen LogP contribution in [0.4, 0.5) is 34.1 Å². The molecule has 0 saturated carbocycles. The molecule has 2 nitrogen and oxygen atoms in total. The van der Waals surface area contributed by atoms with Crippen LogP contribution in [-0.4, -0.2) is 0 Å². The second-order valence-corrected chi connectivity index (χ2v) is 12.9. The lowest BCUT2D eigenvalue weighted by Gasteiger charge is -2.25. The summed E-state index contributed by atoms with van der Waals surface area (Å²) < 4.78 is 0. The van der Waals surface area contributed by atoms with Crippen LogP contribution in [0, 0.1) is 0 Å². The predicted molar refractivity (Wildman–Crippen MR) is 225 cm³/mol. The van der Waals surface area contributed by atoms with E-state index in [1.54, 1.807) is 0 Å². The smallest absolute Gasteiger partial charge is 0.0462 e. The fraction of sp³-hybridized carbons (Fsp3) is 0.0800. The van der Waals surface area contributed by atoms with Gasteiger partial charge >= 0.3 is 0 Å². The van der Waals surface area contributed by atoms with Gasteiger partial charge in [-0.15, -0.1) is 0 Å². The van der Waals surface area contributed by atoms with Gasteiger partial charge in [0.1, 0.15) is 0 Å². The highest BCUT2D eigenvalue weighted by Gasteiger charge is 2.13. The quantitative estimate of drug-likeness (QED) is 0.119. The van der Waals surface area contributed by atoms with Crippen LogP contribution < -0.4 is 9.80 Å². The third kappa shape index (κ3) is 8.31. The molecule has 0 spiro atoms. The molecule has 0 bridgehead atoms. The van der Waals surface area contributed by atoms with Crippen molar-refractivity contribution in [3.05, 3.63) is 215 Å². The van der Waals surface area contributed by atoms with E-state index >= 15 is 0 Å². The Morgan fingerprint density at radius 3 is 0.788 bits per heavy atom. The summed E-state index contributed by atoms with van der Waals surface area (Å²) in [6, 6.07) is 65.0. The number of anilines is 6. The highest BCUT2D eigenvalue weighted by molar-refractivity contribution is 5.80. The van der Waals surface area contributed by atoms with Crippen molar-refractivity contribution in [1.82, 2.24) is 0 Å². The first-order chi connectivity index (χ1) is 25.7. The zero-order valence-electron chi connectivity index (χ0n) is 29.9. The van der Waals surface area contributed by atoms with Crippen molar-refractivity contribution < 1.29 is 0 Å². The van der Waals surface area contributed by atoms with E-state index in [9.17, 15) is 0 Å². The Kier molecular flexibility index (Phi) is 10.8. The Morgan fingerprint density at radius 1 is 0.288 bits per heavy atom. The molecule has 7 aromatic rings. The molecule has 52 heavy (non-hydrogen) atoms. The average molecular weight is 673 g/mol. The van der Waals surface area contributed by atoms with E-state index in [2.05, 4.69) is 230 Å². The minimum absolute atomic E-state index is 1.03. The summed E-state index contributed by atoms with van der Waals surface area (Å²) >= 11 is 0. The molecule has 7 rings (SSSR count). The number of para-hydroxylation sites is 2.